The first-order valence-corrected chi connectivity index (χ1v) is 9.36. The molecule has 1 atom stereocenters. The van der Waals surface area contributed by atoms with Gasteiger partial charge < -0.3 is 9.80 Å². The second kappa shape index (κ2) is 7.49. The minimum atomic E-state index is -0.0524. The Kier molecular flexibility index (Phi) is 5.34. The van der Waals surface area contributed by atoms with E-state index >= 15 is 0 Å². The molecule has 0 aliphatic carbocycles. The summed E-state index contributed by atoms with van der Waals surface area (Å²) in [6.45, 7) is 6.87. The number of para-hydroxylation sites is 1. The Morgan fingerprint density at radius 3 is 2.56 bits per heavy atom. The number of carbonyl (C=O) groups is 2. The molecule has 2 amide bonds. The first-order valence-electron chi connectivity index (χ1n) is 8.54. The number of hydrogen-bond donors (Lipinski definition) is 0. The summed E-state index contributed by atoms with van der Waals surface area (Å²) < 4.78 is 1.14. The maximum atomic E-state index is 12.6. The molecule has 134 valence electrons. The molecular formula is C18H24N4O2S. The molecule has 0 radical (unpaired) electrons. The van der Waals surface area contributed by atoms with Crippen LogP contribution in [-0.2, 0) is 9.59 Å². The van der Waals surface area contributed by atoms with Crippen LogP contribution in [0.5, 0.6) is 0 Å². The minimum Gasteiger partial charge on any atom is -0.340 e. The maximum Gasteiger partial charge on any atom is 0.237 e. The minimum absolute atomic E-state index is 0.0524. The molecule has 0 saturated carbocycles. The number of likely N-dealkylation sites (N-methyl/N-ethyl adjacent to an activating group) is 1. The lowest BCUT2D eigenvalue weighted by Gasteiger charge is -2.35. The molecular weight excluding hydrogens is 336 g/mol. The summed E-state index contributed by atoms with van der Waals surface area (Å²) in [6.07, 6.45) is 0. The van der Waals surface area contributed by atoms with Crippen LogP contribution in [0.2, 0.25) is 0 Å². The van der Waals surface area contributed by atoms with Crippen molar-refractivity contribution in [1.29, 1.82) is 0 Å². The largest absolute Gasteiger partial charge is 0.340 e. The molecule has 2 aromatic rings. The number of benzene rings is 1. The topological polar surface area (TPSA) is 56.8 Å². The van der Waals surface area contributed by atoms with E-state index in [0.29, 0.717) is 19.6 Å². The van der Waals surface area contributed by atoms with Crippen LogP contribution in [0.3, 0.4) is 0 Å². The lowest BCUT2D eigenvalue weighted by molar-refractivity contribution is -0.134. The fourth-order valence-electron chi connectivity index (χ4n) is 2.97. The van der Waals surface area contributed by atoms with Crippen molar-refractivity contribution in [2.24, 2.45) is 0 Å². The van der Waals surface area contributed by atoms with Crippen molar-refractivity contribution in [3.63, 3.8) is 0 Å². The summed E-state index contributed by atoms with van der Waals surface area (Å²) in [4.78, 5) is 34.4. The van der Waals surface area contributed by atoms with E-state index in [1.165, 1.54) is 0 Å². The predicted molar refractivity (Wildman–Crippen MR) is 99.5 cm³/mol. The van der Waals surface area contributed by atoms with Gasteiger partial charge in [0, 0.05) is 40.2 Å². The fourth-order valence-corrected chi connectivity index (χ4v) is 4.04. The lowest BCUT2D eigenvalue weighted by Crippen LogP contribution is -2.50. The second-order valence-electron chi connectivity index (χ2n) is 6.48. The Morgan fingerprint density at radius 2 is 1.92 bits per heavy atom. The van der Waals surface area contributed by atoms with Gasteiger partial charge in [0.2, 0.25) is 11.8 Å². The van der Waals surface area contributed by atoms with Crippen molar-refractivity contribution in [2.75, 3.05) is 39.8 Å². The Labute approximate surface area is 152 Å². The van der Waals surface area contributed by atoms with Crippen molar-refractivity contribution in [3.8, 4) is 0 Å². The molecule has 7 heteroatoms. The van der Waals surface area contributed by atoms with Crippen LogP contribution in [0, 0.1) is 0 Å². The van der Waals surface area contributed by atoms with Crippen molar-refractivity contribution in [2.45, 2.75) is 19.9 Å². The number of nitrogens with zero attached hydrogens (tertiary/aromatic N) is 4. The van der Waals surface area contributed by atoms with E-state index < -0.39 is 0 Å². The zero-order valence-electron chi connectivity index (χ0n) is 14.9. The fraction of sp³-hybridized carbons (Fsp3) is 0.500. The van der Waals surface area contributed by atoms with Crippen molar-refractivity contribution in [1.82, 2.24) is 19.7 Å². The van der Waals surface area contributed by atoms with Crippen molar-refractivity contribution >= 4 is 33.4 Å². The number of hydrogen-bond acceptors (Lipinski definition) is 5. The highest BCUT2D eigenvalue weighted by atomic mass is 32.1. The number of carbonyl (C=O) groups excluding carboxylic acids is 2. The van der Waals surface area contributed by atoms with E-state index in [4.69, 9.17) is 0 Å². The van der Waals surface area contributed by atoms with Gasteiger partial charge in [-0.2, -0.15) is 0 Å². The van der Waals surface area contributed by atoms with Crippen LogP contribution in [0.15, 0.2) is 24.3 Å². The summed E-state index contributed by atoms with van der Waals surface area (Å²) in [7, 11) is 1.84. The Morgan fingerprint density at radius 1 is 1.24 bits per heavy atom. The van der Waals surface area contributed by atoms with Gasteiger partial charge >= 0.3 is 0 Å². The number of thiazole rings is 1. The normalized spacial score (nSPS) is 16.8. The van der Waals surface area contributed by atoms with E-state index in [0.717, 1.165) is 28.3 Å². The standard InChI is InChI=1S/C18H24N4O2S/c1-13(18-19-15-6-4-5-7-16(15)25-18)20(3)17(24)12-21-8-10-22(11-9-21)14(2)23/h4-7,13H,8-12H2,1-3H3/t13-/m0/s1. The van der Waals surface area contributed by atoms with Crippen LogP contribution < -0.4 is 0 Å². The molecule has 1 aromatic carbocycles. The van der Waals surface area contributed by atoms with Crippen LogP contribution in [0.1, 0.15) is 24.9 Å². The van der Waals surface area contributed by atoms with E-state index in [9.17, 15) is 9.59 Å². The summed E-state index contributed by atoms with van der Waals surface area (Å²) >= 11 is 1.64. The van der Waals surface area contributed by atoms with E-state index in [-0.39, 0.29) is 17.9 Å². The van der Waals surface area contributed by atoms with E-state index in [1.54, 1.807) is 23.2 Å². The van der Waals surface area contributed by atoms with Gasteiger partial charge in [-0.05, 0) is 19.1 Å². The van der Waals surface area contributed by atoms with Gasteiger partial charge in [0.15, 0.2) is 0 Å². The first kappa shape index (κ1) is 17.8. The third-order valence-corrected chi connectivity index (χ3v) is 6.03. The van der Waals surface area contributed by atoms with Crippen LogP contribution in [0.4, 0.5) is 0 Å². The second-order valence-corrected chi connectivity index (χ2v) is 7.54. The zero-order valence-corrected chi connectivity index (χ0v) is 15.8. The zero-order chi connectivity index (χ0) is 18.0. The van der Waals surface area contributed by atoms with Crippen LogP contribution in [-0.4, -0.2) is 71.3 Å². The molecule has 0 unspecified atom stereocenters. The molecule has 1 saturated heterocycles. The Balaban J connectivity index is 1.59. The highest BCUT2D eigenvalue weighted by molar-refractivity contribution is 7.18. The monoisotopic (exact) mass is 360 g/mol. The number of amides is 2. The lowest BCUT2D eigenvalue weighted by atomic mass is 10.2. The average Bonchev–Trinajstić information content (AvgIpc) is 3.05. The maximum absolute atomic E-state index is 12.6. The van der Waals surface area contributed by atoms with Gasteiger partial charge in [-0.25, -0.2) is 4.98 Å². The third-order valence-electron chi connectivity index (χ3n) is 4.82. The molecule has 1 aliphatic heterocycles. The number of rotatable bonds is 4. The summed E-state index contributed by atoms with van der Waals surface area (Å²) in [5.74, 6) is 0.190. The summed E-state index contributed by atoms with van der Waals surface area (Å²) in [5.41, 5.74) is 0.982. The average molecular weight is 360 g/mol. The third kappa shape index (κ3) is 3.99. The van der Waals surface area contributed by atoms with Gasteiger partial charge in [0.1, 0.15) is 5.01 Å². The van der Waals surface area contributed by atoms with Crippen LogP contribution in [0.25, 0.3) is 10.2 Å². The highest BCUT2D eigenvalue weighted by Gasteiger charge is 2.25. The molecule has 1 aliphatic rings. The summed E-state index contributed by atoms with van der Waals surface area (Å²) in [5, 5.41) is 0.957. The first-order chi connectivity index (χ1) is 12.0. The van der Waals surface area contributed by atoms with Crippen LogP contribution >= 0.6 is 11.3 Å². The van der Waals surface area contributed by atoms with Crippen molar-refractivity contribution < 1.29 is 9.59 Å². The molecule has 0 spiro atoms. The SMILES string of the molecule is CC(=O)N1CCN(CC(=O)N(C)[C@@H](C)c2nc3ccccc3s2)CC1. The summed E-state index contributed by atoms with van der Waals surface area (Å²) in [6, 6.07) is 7.98. The number of fused-ring (bicyclic) bond motifs is 1. The smallest absolute Gasteiger partial charge is 0.237 e. The predicted octanol–water partition coefficient (Wildman–Crippen LogP) is 1.98. The van der Waals surface area contributed by atoms with Gasteiger partial charge in [-0.1, -0.05) is 12.1 Å². The molecule has 2 heterocycles. The molecule has 25 heavy (non-hydrogen) atoms. The quantitative estimate of drug-likeness (QED) is 0.837. The van der Waals surface area contributed by atoms with Crippen molar-refractivity contribution in [3.05, 3.63) is 29.3 Å². The highest BCUT2D eigenvalue weighted by Crippen LogP contribution is 2.28. The van der Waals surface area contributed by atoms with E-state index in [1.807, 2.05) is 37.1 Å². The Hall–Kier alpha value is -1.99. The molecule has 1 fully saturated rings. The Bertz CT molecular complexity index is 734. The van der Waals surface area contributed by atoms with Gasteiger partial charge in [-0.15, -0.1) is 11.3 Å². The molecule has 1 aromatic heterocycles. The van der Waals surface area contributed by atoms with Gasteiger partial charge in [-0.3, -0.25) is 14.5 Å². The van der Waals surface area contributed by atoms with Gasteiger partial charge in [0.05, 0.1) is 22.8 Å². The molecule has 0 N–H and O–H groups in total. The number of aromatic nitrogens is 1. The van der Waals surface area contributed by atoms with Gasteiger partial charge in [0.25, 0.3) is 0 Å². The molecule has 0 bridgehead atoms. The van der Waals surface area contributed by atoms with E-state index in [2.05, 4.69) is 16.0 Å². The molecule has 6 nitrogen and oxygen atoms in total. The molecule has 3 rings (SSSR count). The number of piperazine rings is 1.